The molecular weight excluding hydrogens is 416 g/mol. The number of benzene rings is 2. The van der Waals surface area contributed by atoms with Crippen molar-refractivity contribution in [2.75, 3.05) is 31.1 Å². The third kappa shape index (κ3) is 3.65. The first-order valence-electron chi connectivity index (χ1n) is 10.2. The summed E-state index contributed by atoms with van der Waals surface area (Å²) >= 11 is 6.42. The van der Waals surface area contributed by atoms with E-state index >= 15 is 0 Å². The Balaban J connectivity index is 1.26. The van der Waals surface area contributed by atoms with Crippen LogP contribution in [0.2, 0.25) is 5.02 Å². The van der Waals surface area contributed by atoms with E-state index in [-0.39, 0.29) is 16.5 Å². The summed E-state index contributed by atoms with van der Waals surface area (Å²) in [4.78, 5) is 29.5. The Hall–Kier alpha value is -3.32. The molecule has 0 bridgehead atoms. The van der Waals surface area contributed by atoms with Gasteiger partial charge >= 0.3 is 0 Å². The second-order valence-corrected chi connectivity index (χ2v) is 8.00. The Morgan fingerprint density at radius 3 is 2.45 bits per heavy atom. The van der Waals surface area contributed by atoms with Gasteiger partial charge in [-0.05, 0) is 23.8 Å². The number of nitrogens with zero attached hydrogens (tertiary/aromatic N) is 4. The van der Waals surface area contributed by atoms with Gasteiger partial charge in [0.05, 0.1) is 17.6 Å². The first-order chi connectivity index (χ1) is 15.1. The molecule has 1 aromatic heterocycles. The molecule has 0 saturated carbocycles. The van der Waals surface area contributed by atoms with Crippen molar-refractivity contribution < 1.29 is 9.53 Å². The number of rotatable bonds is 3. The molecule has 0 radical (unpaired) electrons. The number of carbonyl (C=O) groups excluding carboxylic acids is 1. The highest BCUT2D eigenvalue weighted by Gasteiger charge is 2.34. The lowest BCUT2D eigenvalue weighted by molar-refractivity contribution is -0.138. The second kappa shape index (κ2) is 8.07. The molecule has 3 heterocycles. The maximum absolute atomic E-state index is 12.9. The number of halogens is 1. The second-order valence-electron chi connectivity index (χ2n) is 7.63. The van der Waals surface area contributed by atoms with Crippen LogP contribution in [0.3, 0.4) is 0 Å². The standard InChI is InChI=1S/C23H21ClN4O3/c24-21-18(15-25-28(23(21)30)17-7-2-1-3-8-17)26-10-12-27(13-11-26)22(29)20-14-16-6-4-5-9-19(16)31-20/h1-9,15,20H,10-14H2. The van der Waals surface area contributed by atoms with E-state index in [4.69, 9.17) is 16.3 Å². The number of hydrogen-bond acceptors (Lipinski definition) is 5. The largest absolute Gasteiger partial charge is 0.480 e. The molecule has 31 heavy (non-hydrogen) atoms. The third-order valence-corrected chi connectivity index (χ3v) is 6.11. The van der Waals surface area contributed by atoms with Crippen molar-refractivity contribution >= 4 is 23.2 Å². The van der Waals surface area contributed by atoms with Crippen LogP contribution in [0.5, 0.6) is 5.75 Å². The average molecular weight is 437 g/mol. The van der Waals surface area contributed by atoms with E-state index in [9.17, 15) is 9.59 Å². The van der Waals surface area contributed by atoms with Crippen LogP contribution in [0, 0.1) is 0 Å². The Bertz CT molecular complexity index is 1150. The maximum atomic E-state index is 12.9. The molecule has 8 heteroatoms. The van der Waals surface area contributed by atoms with Gasteiger partial charge in [-0.3, -0.25) is 9.59 Å². The van der Waals surface area contributed by atoms with Crippen LogP contribution < -0.4 is 15.2 Å². The normalized spacial score (nSPS) is 17.9. The quantitative estimate of drug-likeness (QED) is 0.631. The van der Waals surface area contributed by atoms with Gasteiger partial charge in [0.1, 0.15) is 10.8 Å². The number of carbonyl (C=O) groups is 1. The summed E-state index contributed by atoms with van der Waals surface area (Å²) in [5.41, 5.74) is 1.96. The highest BCUT2D eigenvalue weighted by Crippen LogP contribution is 2.29. The van der Waals surface area contributed by atoms with Crippen molar-refractivity contribution in [3.8, 4) is 11.4 Å². The number of anilines is 1. The summed E-state index contributed by atoms with van der Waals surface area (Å²) in [7, 11) is 0. The first kappa shape index (κ1) is 19.6. The van der Waals surface area contributed by atoms with Gasteiger partial charge in [0.15, 0.2) is 6.10 Å². The lowest BCUT2D eigenvalue weighted by Crippen LogP contribution is -2.52. The summed E-state index contributed by atoms with van der Waals surface area (Å²) in [5.74, 6) is 0.788. The molecule has 1 atom stereocenters. The molecule has 0 aliphatic carbocycles. The molecule has 0 N–H and O–H groups in total. The lowest BCUT2D eigenvalue weighted by atomic mass is 10.1. The van der Waals surface area contributed by atoms with Crippen LogP contribution in [0.25, 0.3) is 5.69 Å². The van der Waals surface area contributed by atoms with Crippen molar-refractivity contribution in [1.29, 1.82) is 0 Å². The molecule has 2 aromatic carbocycles. The summed E-state index contributed by atoms with van der Waals surface area (Å²) in [6.07, 6.45) is 1.75. The SMILES string of the molecule is O=C(C1Cc2ccccc2O1)N1CCN(c2cnn(-c3ccccc3)c(=O)c2Cl)CC1. The smallest absolute Gasteiger partial charge is 0.292 e. The van der Waals surface area contributed by atoms with Crippen molar-refractivity contribution in [3.63, 3.8) is 0 Å². The summed E-state index contributed by atoms with van der Waals surface area (Å²) in [6, 6.07) is 16.9. The van der Waals surface area contributed by atoms with Crippen LogP contribution in [0.4, 0.5) is 5.69 Å². The third-order valence-electron chi connectivity index (χ3n) is 5.76. The van der Waals surface area contributed by atoms with E-state index in [0.29, 0.717) is 44.0 Å². The van der Waals surface area contributed by atoms with Crippen molar-refractivity contribution in [2.24, 2.45) is 0 Å². The number of para-hydroxylation sites is 2. The van der Waals surface area contributed by atoms with E-state index in [0.717, 1.165) is 11.3 Å². The van der Waals surface area contributed by atoms with Gasteiger partial charge in [-0.1, -0.05) is 48.0 Å². The van der Waals surface area contributed by atoms with Crippen LogP contribution in [-0.2, 0) is 11.2 Å². The lowest BCUT2D eigenvalue weighted by Gasteiger charge is -2.37. The van der Waals surface area contributed by atoms with Crippen molar-refractivity contribution in [3.05, 3.63) is 81.7 Å². The number of amides is 1. The van der Waals surface area contributed by atoms with Crippen LogP contribution in [-0.4, -0.2) is 52.9 Å². The zero-order valence-electron chi connectivity index (χ0n) is 16.8. The highest BCUT2D eigenvalue weighted by molar-refractivity contribution is 6.33. The molecule has 1 unspecified atom stereocenters. The fraction of sp³-hybridized carbons (Fsp3) is 0.261. The van der Waals surface area contributed by atoms with Gasteiger partial charge in [-0.15, -0.1) is 0 Å². The number of fused-ring (bicyclic) bond motifs is 1. The molecule has 3 aromatic rings. The highest BCUT2D eigenvalue weighted by atomic mass is 35.5. The van der Waals surface area contributed by atoms with E-state index in [2.05, 4.69) is 5.10 Å². The number of hydrogen-bond donors (Lipinski definition) is 0. The first-order valence-corrected chi connectivity index (χ1v) is 10.6. The minimum atomic E-state index is -0.469. The van der Waals surface area contributed by atoms with Crippen molar-refractivity contribution in [2.45, 2.75) is 12.5 Å². The zero-order chi connectivity index (χ0) is 21.4. The van der Waals surface area contributed by atoms with Crippen LogP contribution >= 0.6 is 11.6 Å². The minimum absolute atomic E-state index is 0.000401. The van der Waals surface area contributed by atoms with Gasteiger partial charge in [0, 0.05) is 32.6 Å². The molecule has 7 nitrogen and oxygen atoms in total. The minimum Gasteiger partial charge on any atom is -0.480 e. The molecular formula is C23H21ClN4O3. The van der Waals surface area contributed by atoms with Gasteiger partial charge < -0.3 is 14.5 Å². The van der Waals surface area contributed by atoms with Crippen molar-refractivity contribution in [1.82, 2.24) is 14.7 Å². The van der Waals surface area contributed by atoms with Gasteiger partial charge in [0.2, 0.25) is 0 Å². The maximum Gasteiger partial charge on any atom is 0.292 e. The molecule has 0 spiro atoms. The Morgan fingerprint density at radius 1 is 1.00 bits per heavy atom. The number of piperazine rings is 1. The van der Waals surface area contributed by atoms with Gasteiger partial charge in [-0.25, -0.2) is 0 Å². The summed E-state index contributed by atoms with van der Waals surface area (Å²) in [6.45, 7) is 2.21. The van der Waals surface area contributed by atoms with E-state index in [1.807, 2.05) is 52.3 Å². The Labute approximate surface area is 184 Å². The monoisotopic (exact) mass is 436 g/mol. The average Bonchev–Trinajstić information content (AvgIpc) is 3.25. The van der Waals surface area contributed by atoms with Gasteiger partial charge in [0.25, 0.3) is 11.5 Å². The van der Waals surface area contributed by atoms with Gasteiger partial charge in [-0.2, -0.15) is 9.78 Å². The van der Waals surface area contributed by atoms with E-state index in [1.54, 1.807) is 18.3 Å². The molecule has 158 valence electrons. The molecule has 2 aliphatic rings. The number of aromatic nitrogens is 2. The van der Waals surface area contributed by atoms with E-state index in [1.165, 1.54) is 4.68 Å². The molecule has 1 amide bonds. The van der Waals surface area contributed by atoms with Crippen LogP contribution in [0.1, 0.15) is 5.56 Å². The predicted octanol–water partition coefficient (Wildman–Crippen LogP) is 2.54. The summed E-state index contributed by atoms with van der Waals surface area (Å²) in [5, 5.41) is 4.43. The van der Waals surface area contributed by atoms with E-state index < -0.39 is 6.10 Å². The Kier molecular flexibility index (Phi) is 5.11. The molecule has 2 aliphatic heterocycles. The Morgan fingerprint density at radius 2 is 1.71 bits per heavy atom. The molecule has 1 fully saturated rings. The fourth-order valence-corrected chi connectivity index (χ4v) is 4.34. The topological polar surface area (TPSA) is 67.7 Å². The summed E-state index contributed by atoms with van der Waals surface area (Å²) < 4.78 is 7.14. The van der Waals surface area contributed by atoms with Crippen LogP contribution in [0.15, 0.2) is 65.6 Å². The number of ether oxygens (including phenoxy) is 1. The predicted molar refractivity (Wildman–Crippen MR) is 118 cm³/mol. The fourth-order valence-electron chi connectivity index (χ4n) is 4.09. The molecule has 5 rings (SSSR count). The zero-order valence-corrected chi connectivity index (χ0v) is 17.5. The molecule has 1 saturated heterocycles.